The Morgan fingerprint density at radius 3 is 2.68 bits per heavy atom. The van der Waals surface area contributed by atoms with Crippen LogP contribution in [0.5, 0.6) is 0 Å². The van der Waals surface area contributed by atoms with Crippen molar-refractivity contribution in [2.75, 3.05) is 5.32 Å². The van der Waals surface area contributed by atoms with Gasteiger partial charge in [0.05, 0.1) is 23.5 Å². The summed E-state index contributed by atoms with van der Waals surface area (Å²) in [5, 5.41) is 16.5. The van der Waals surface area contributed by atoms with Gasteiger partial charge in [0.15, 0.2) is 0 Å². The molecule has 0 amide bonds. The molecule has 2 aromatic heterocycles. The summed E-state index contributed by atoms with van der Waals surface area (Å²) in [5.74, 6) is 0.783. The zero-order valence-corrected chi connectivity index (χ0v) is 11.6. The van der Waals surface area contributed by atoms with Crippen molar-refractivity contribution in [3.8, 4) is 6.07 Å². The number of anilines is 1. The molecule has 1 atom stereocenters. The molecule has 1 unspecified atom stereocenters. The molecule has 0 fully saturated rings. The highest BCUT2D eigenvalue weighted by Crippen LogP contribution is 2.20. The Morgan fingerprint density at radius 1 is 1.42 bits per heavy atom. The van der Waals surface area contributed by atoms with Crippen LogP contribution < -0.4 is 5.32 Å². The fourth-order valence-corrected chi connectivity index (χ4v) is 2.04. The third kappa shape index (κ3) is 2.74. The Hall–Kier alpha value is -2.35. The third-order valence-corrected chi connectivity index (χ3v) is 3.10. The summed E-state index contributed by atoms with van der Waals surface area (Å²) in [6, 6.07) is 4.20. The van der Waals surface area contributed by atoms with E-state index in [1.807, 2.05) is 39.4 Å². The van der Waals surface area contributed by atoms with Crippen LogP contribution in [0.4, 0.5) is 5.82 Å². The van der Waals surface area contributed by atoms with Crippen LogP contribution in [0.3, 0.4) is 0 Å². The largest absolute Gasteiger partial charge is 0.363 e. The number of hydrogen-bond acceptors (Lipinski definition) is 4. The van der Waals surface area contributed by atoms with Crippen molar-refractivity contribution >= 4 is 5.82 Å². The first kappa shape index (κ1) is 13.1. The minimum atomic E-state index is 0.118. The van der Waals surface area contributed by atoms with E-state index in [9.17, 15) is 0 Å². The predicted molar refractivity (Wildman–Crippen MR) is 73.7 cm³/mol. The van der Waals surface area contributed by atoms with E-state index < -0.39 is 0 Å². The van der Waals surface area contributed by atoms with Gasteiger partial charge in [0.2, 0.25) is 0 Å². The van der Waals surface area contributed by atoms with Gasteiger partial charge in [-0.25, -0.2) is 4.98 Å². The predicted octanol–water partition coefficient (Wildman–Crippen LogP) is 2.48. The van der Waals surface area contributed by atoms with Gasteiger partial charge in [-0.3, -0.25) is 4.68 Å². The van der Waals surface area contributed by atoms with E-state index >= 15 is 0 Å². The average Bonchev–Trinajstić information content (AvgIpc) is 2.75. The second-order valence-electron chi connectivity index (χ2n) is 4.71. The molecule has 0 saturated heterocycles. The zero-order chi connectivity index (χ0) is 14.0. The number of nitrogens with one attached hydrogen (secondary N) is 1. The molecule has 0 aliphatic heterocycles. The first-order valence-corrected chi connectivity index (χ1v) is 6.14. The van der Waals surface area contributed by atoms with Gasteiger partial charge in [-0.15, -0.1) is 0 Å². The lowest BCUT2D eigenvalue weighted by molar-refractivity contribution is 0.765. The van der Waals surface area contributed by atoms with Gasteiger partial charge in [-0.2, -0.15) is 10.4 Å². The Balaban J connectivity index is 2.23. The number of rotatable bonds is 3. The molecule has 0 saturated carbocycles. The lowest BCUT2D eigenvalue weighted by atomic mass is 10.1. The van der Waals surface area contributed by atoms with Crippen LogP contribution in [0.15, 0.2) is 18.5 Å². The van der Waals surface area contributed by atoms with Crippen LogP contribution in [0, 0.1) is 25.2 Å². The topological polar surface area (TPSA) is 66.5 Å². The van der Waals surface area contributed by atoms with Crippen molar-refractivity contribution < 1.29 is 0 Å². The second kappa shape index (κ2) is 5.11. The van der Waals surface area contributed by atoms with Gasteiger partial charge < -0.3 is 5.32 Å². The van der Waals surface area contributed by atoms with Gasteiger partial charge >= 0.3 is 0 Å². The van der Waals surface area contributed by atoms with Crippen molar-refractivity contribution in [1.82, 2.24) is 14.8 Å². The summed E-state index contributed by atoms with van der Waals surface area (Å²) in [6.45, 7) is 5.83. The van der Waals surface area contributed by atoms with Crippen molar-refractivity contribution in [1.29, 1.82) is 5.26 Å². The number of aromatic nitrogens is 3. The number of hydrogen-bond donors (Lipinski definition) is 1. The van der Waals surface area contributed by atoms with Crippen molar-refractivity contribution in [3.63, 3.8) is 0 Å². The molecule has 0 aliphatic carbocycles. The molecule has 19 heavy (non-hydrogen) atoms. The summed E-state index contributed by atoms with van der Waals surface area (Å²) in [6.07, 6.45) is 3.81. The first-order chi connectivity index (χ1) is 9.01. The summed E-state index contributed by atoms with van der Waals surface area (Å²) in [5.41, 5.74) is 3.45. The molecule has 0 aliphatic rings. The van der Waals surface area contributed by atoms with E-state index in [4.69, 9.17) is 5.26 Å². The molecule has 2 rings (SSSR count). The maximum Gasteiger partial charge on any atom is 0.127 e. The molecule has 0 aromatic carbocycles. The molecule has 2 heterocycles. The molecule has 98 valence electrons. The summed E-state index contributed by atoms with van der Waals surface area (Å²) in [4.78, 5) is 4.42. The van der Waals surface area contributed by atoms with Crippen molar-refractivity contribution in [3.05, 3.63) is 40.8 Å². The van der Waals surface area contributed by atoms with E-state index in [1.54, 1.807) is 4.68 Å². The van der Waals surface area contributed by atoms with Gasteiger partial charge in [0.1, 0.15) is 11.9 Å². The van der Waals surface area contributed by atoms with Crippen LogP contribution in [0.1, 0.15) is 35.3 Å². The summed E-state index contributed by atoms with van der Waals surface area (Å²) >= 11 is 0. The molecular weight excluding hydrogens is 238 g/mol. The molecule has 1 N–H and O–H groups in total. The highest BCUT2D eigenvalue weighted by molar-refractivity contribution is 5.49. The normalized spacial score (nSPS) is 11.9. The van der Waals surface area contributed by atoms with Crippen LogP contribution in [-0.2, 0) is 7.05 Å². The highest BCUT2D eigenvalue weighted by Gasteiger charge is 2.10. The Kier molecular flexibility index (Phi) is 3.52. The molecule has 0 spiro atoms. The third-order valence-electron chi connectivity index (χ3n) is 3.10. The van der Waals surface area contributed by atoms with Crippen molar-refractivity contribution in [2.45, 2.75) is 26.8 Å². The van der Waals surface area contributed by atoms with Gasteiger partial charge in [-0.05, 0) is 32.4 Å². The molecule has 2 aromatic rings. The summed E-state index contributed by atoms with van der Waals surface area (Å²) < 4.78 is 1.77. The minimum Gasteiger partial charge on any atom is -0.363 e. The monoisotopic (exact) mass is 255 g/mol. The number of pyridine rings is 1. The zero-order valence-electron chi connectivity index (χ0n) is 11.6. The standard InChI is InChI=1S/C14H17N5/c1-9-5-14(18-11(3)13(9)6-15)17-10(2)12-7-16-19(4)8-12/h5,7-8,10H,1-4H3,(H,17,18). The number of nitriles is 1. The molecule has 5 nitrogen and oxygen atoms in total. The Labute approximate surface area is 112 Å². The van der Waals surface area contributed by atoms with Gasteiger partial charge in [-0.1, -0.05) is 0 Å². The van der Waals surface area contributed by atoms with Crippen LogP contribution >= 0.6 is 0 Å². The van der Waals surface area contributed by atoms with E-state index in [-0.39, 0.29) is 6.04 Å². The van der Waals surface area contributed by atoms with Crippen LogP contribution in [-0.4, -0.2) is 14.8 Å². The van der Waals surface area contributed by atoms with E-state index in [0.29, 0.717) is 5.56 Å². The Morgan fingerprint density at radius 2 is 2.16 bits per heavy atom. The van der Waals surface area contributed by atoms with Crippen molar-refractivity contribution in [2.24, 2.45) is 7.05 Å². The van der Waals surface area contributed by atoms with Gasteiger partial charge in [0.25, 0.3) is 0 Å². The number of aryl methyl sites for hydroxylation is 3. The smallest absolute Gasteiger partial charge is 0.127 e. The van der Waals surface area contributed by atoms with Gasteiger partial charge in [0, 0.05) is 18.8 Å². The second-order valence-corrected chi connectivity index (χ2v) is 4.71. The fraction of sp³-hybridized carbons (Fsp3) is 0.357. The summed E-state index contributed by atoms with van der Waals surface area (Å²) in [7, 11) is 1.89. The SMILES string of the molecule is Cc1cc(NC(C)c2cnn(C)c2)nc(C)c1C#N. The Bertz CT molecular complexity index is 613. The lowest BCUT2D eigenvalue weighted by Gasteiger charge is -2.14. The van der Waals surface area contributed by atoms with Crippen LogP contribution in [0.25, 0.3) is 0 Å². The van der Waals surface area contributed by atoms with E-state index in [1.165, 1.54) is 0 Å². The number of nitrogens with zero attached hydrogens (tertiary/aromatic N) is 4. The first-order valence-electron chi connectivity index (χ1n) is 6.14. The highest BCUT2D eigenvalue weighted by atomic mass is 15.2. The molecule has 0 bridgehead atoms. The average molecular weight is 255 g/mol. The van der Waals surface area contributed by atoms with E-state index in [0.717, 1.165) is 22.6 Å². The maximum absolute atomic E-state index is 9.03. The molecular formula is C14H17N5. The quantitative estimate of drug-likeness (QED) is 0.915. The molecule has 5 heteroatoms. The maximum atomic E-state index is 9.03. The fourth-order valence-electron chi connectivity index (χ4n) is 2.04. The lowest BCUT2D eigenvalue weighted by Crippen LogP contribution is -2.08. The van der Waals surface area contributed by atoms with E-state index in [2.05, 4.69) is 28.4 Å². The minimum absolute atomic E-state index is 0.118. The van der Waals surface area contributed by atoms with Crippen LogP contribution in [0.2, 0.25) is 0 Å². The molecule has 0 radical (unpaired) electrons.